The smallest absolute Gasteiger partial charge is 0.110 e. The molecule has 0 saturated heterocycles. The zero-order valence-electron chi connectivity index (χ0n) is 9.35. The molecule has 0 aliphatic carbocycles. The summed E-state index contributed by atoms with van der Waals surface area (Å²) in [5.74, 6) is -0.0962. The fraction of sp³-hybridized carbons (Fsp3) is 0.231. The number of nitrogens with zero attached hydrogens (tertiary/aromatic N) is 2. The minimum Gasteiger partial charge on any atom is -0.240 e. The van der Waals surface area contributed by atoms with Gasteiger partial charge in [-0.15, -0.1) is 11.3 Å². The average Bonchev–Trinajstić information content (AvgIpc) is 2.81. The largest absolute Gasteiger partial charge is 0.240 e. The molecule has 1 heterocycles. The second kappa shape index (κ2) is 5.31. The molecule has 1 aromatic heterocycles. The minimum absolute atomic E-state index is 0.0962. The van der Waals surface area contributed by atoms with E-state index in [1.807, 2.05) is 36.6 Å². The number of halogens is 1. The lowest BCUT2D eigenvalue weighted by Crippen LogP contribution is -1.92. The third-order valence-corrected chi connectivity index (χ3v) is 3.73. The van der Waals surface area contributed by atoms with Gasteiger partial charge in [-0.25, -0.2) is 4.98 Å². The molecule has 0 aliphatic rings. The number of benzene rings is 1. The summed E-state index contributed by atoms with van der Waals surface area (Å²) in [5, 5.41) is 12.6. The molecule has 2 rings (SSSR count). The van der Waals surface area contributed by atoms with Crippen LogP contribution in [0.2, 0.25) is 5.02 Å². The zero-order valence-corrected chi connectivity index (χ0v) is 10.9. The summed E-state index contributed by atoms with van der Waals surface area (Å²) in [5.41, 5.74) is 1.94. The van der Waals surface area contributed by atoms with Gasteiger partial charge in [0, 0.05) is 16.0 Å². The van der Waals surface area contributed by atoms with Gasteiger partial charge in [-0.1, -0.05) is 30.7 Å². The van der Waals surface area contributed by atoms with E-state index in [2.05, 4.69) is 11.1 Å². The van der Waals surface area contributed by atoms with Crippen LogP contribution >= 0.6 is 22.9 Å². The van der Waals surface area contributed by atoms with Crippen LogP contribution in [0.15, 0.2) is 29.6 Å². The zero-order chi connectivity index (χ0) is 12.3. The Morgan fingerprint density at radius 2 is 2.12 bits per heavy atom. The standard InChI is InChI=1S/C13H11ClN2S/c1-2-9(7-15)13-16-12(8-17-13)10-3-5-11(14)6-4-10/h3-6,8-9H,2H2,1H3. The Bertz CT molecular complexity index is 539. The molecule has 1 aromatic carbocycles. The van der Waals surface area contributed by atoms with Crippen LogP contribution in [0, 0.1) is 11.3 Å². The van der Waals surface area contributed by atoms with E-state index >= 15 is 0 Å². The van der Waals surface area contributed by atoms with Crippen molar-refractivity contribution in [2.24, 2.45) is 0 Å². The van der Waals surface area contributed by atoms with Crippen molar-refractivity contribution < 1.29 is 0 Å². The molecule has 1 unspecified atom stereocenters. The van der Waals surface area contributed by atoms with Gasteiger partial charge in [0.2, 0.25) is 0 Å². The number of hydrogen-bond acceptors (Lipinski definition) is 3. The highest BCUT2D eigenvalue weighted by Crippen LogP contribution is 2.28. The Morgan fingerprint density at radius 1 is 1.41 bits per heavy atom. The van der Waals surface area contributed by atoms with Crippen LogP contribution in [0.5, 0.6) is 0 Å². The van der Waals surface area contributed by atoms with Crippen LogP contribution in [0.3, 0.4) is 0 Å². The van der Waals surface area contributed by atoms with Crippen LogP contribution < -0.4 is 0 Å². The molecule has 86 valence electrons. The monoisotopic (exact) mass is 262 g/mol. The highest BCUT2D eigenvalue weighted by atomic mass is 35.5. The maximum atomic E-state index is 8.99. The normalized spacial score (nSPS) is 12.1. The fourth-order valence-corrected chi connectivity index (χ4v) is 2.60. The molecule has 0 bridgehead atoms. The van der Waals surface area contributed by atoms with Crippen LogP contribution in [0.1, 0.15) is 24.3 Å². The molecular formula is C13H11ClN2S. The lowest BCUT2D eigenvalue weighted by Gasteiger charge is -1.99. The van der Waals surface area contributed by atoms with Crippen molar-refractivity contribution in [1.29, 1.82) is 5.26 Å². The molecule has 0 N–H and O–H groups in total. The Labute approximate surface area is 110 Å². The predicted octanol–water partition coefficient (Wildman–Crippen LogP) is 4.48. The minimum atomic E-state index is -0.0962. The van der Waals surface area contributed by atoms with Gasteiger partial charge in [0.25, 0.3) is 0 Å². The van der Waals surface area contributed by atoms with Crippen molar-refractivity contribution in [3.05, 3.63) is 39.7 Å². The van der Waals surface area contributed by atoms with Crippen molar-refractivity contribution in [1.82, 2.24) is 4.98 Å². The first kappa shape index (κ1) is 12.1. The predicted molar refractivity (Wildman–Crippen MR) is 71.2 cm³/mol. The highest BCUT2D eigenvalue weighted by molar-refractivity contribution is 7.10. The molecule has 1 atom stereocenters. The van der Waals surface area contributed by atoms with E-state index in [-0.39, 0.29) is 5.92 Å². The summed E-state index contributed by atoms with van der Waals surface area (Å²) in [7, 11) is 0. The summed E-state index contributed by atoms with van der Waals surface area (Å²) in [6.45, 7) is 2.00. The van der Waals surface area contributed by atoms with E-state index < -0.39 is 0 Å². The van der Waals surface area contributed by atoms with Gasteiger partial charge in [0.05, 0.1) is 17.7 Å². The van der Waals surface area contributed by atoms with Gasteiger partial charge < -0.3 is 0 Å². The van der Waals surface area contributed by atoms with Gasteiger partial charge in [-0.3, -0.25) is 0 Å². The third kappa shape index (κ3) is 2.66. The summed E-state index contributed by atoms with van der Waals surface area (Å²) in [6, 6.07) is 9.84. The second-order valence-electron chi connectivity index (χ2n) is 3.67. The third-order valence-electron chi connectivity index (χ3n) is 2.52. The maximum Gasteiger partial charge on any atom is 0.110 e. The molecule has 0 aliphatic heterocycles. The quantitative estimate of drug-likeness (QED) is 0.818. The summed E-state index contributed by atoms with van der Waals surface area (Å²) in [6.07, 6.45) is 0.796. The van der Waals surface area contributed by atoms with E-state index in [1.165, 1.54) is 11.3 Å². The lowest BCUT2D eigenvalue weighted by molar-refractivity contribution is 0.810. The van der Waals surface area contributed by atoms with E-state index in [9.17, 15) is 0 Å². The molecule has 0 spiro atoms. The SMILES string of the molecule is CCC(C#N)c1nc(-c2ccc(Cl)cc2)cs1. The van der Waals surface area contributed by atoms with Gasteiger partial charge in [0.15, 0.2) is 0 Å². The van der Waals surface area contributed by atoms with E-state index in [0.29, 0.717) is 5.02 Å². The number of aromatic nitrogens is 1. The Morgan fingerprint density at radius 3 is 2.71 bits per heavy atom. The van der Waals surface area contributed by atoms with Crippen LogP contribution in [0.4, 0.5) is 0 Å². The molecule has 0 radical (unpaired) electrons. The van der Waals surface area contributed by atoms with Crippen molar-refractivity contribution in [2.45, 2.75) is 19.3 Å². The molecule has 2 aromatic rings. The van der Waals surface area contributed by atoms with Crippen molar-refractivity contribution >= 4 is 22.9 Å². The number of hydrogen-bond donors (Lipinski definition) is 0. The fourth-order valence-electron chi connectivity index (χ4n) is 1.52. The van der Waals surface area contributed by atoms with Gasteiger partial charge >= 0.3 is 0 Å². The van der Waals surface area contributed by atoms with Crippen LogP contribution in [0.25, 0.3) is 11.3 Å². The van der Waals surface area contributed by atoms with Gasteiger partial charge in [-0.05, 0) is 18.6 Å². The maximum absolute atomic E-state index is 8.99. The van der Waals surface area contributed by atoms with Gasteiger partial charge in [-0.2, -0.15) is 5.26 Å². The Kier molecular flexibility index (Phi) is 3.78. The van der Waals surface area contributed by atoms with Crippen molar-refractivity contribution in [3.8, 4) is 17.3 Å². The molecule has 17 heavy (non-hydrogen) atoms. The summed E-state index contributed by atoms with van der Waals surface area (Å²) >= 11 is 7.38. The summed E-state index contributed by atoms with van der Waals surface area (Å²) < 4.78 is 0. The van der Waals surface area contributed by atoms with E-state index in [0.717, 1.165) is 22.7 Å². The molecule has 4 heteroatoms. The van der Waals surface area contributed by atoms with Crippen LogP contribution in [-0.4, -0.2) is 4.98 Å². The molecule has 2 nitrogen and oxygen atoms in total. The first-order chi connectivity index (χ1) is 8.24. The molecule has 0 saturated carbocycles. The van der Waals surface area contributed by atoms with E-state index in [1.54, 1.807) is 0 Å². The molecule has 0 amide bonds. The Hall–Kier alpha value is -1.37. The first-order valence-corrected chi connectivity index (χ1v) is 6.61. The van der Waals surface area contributed by atoms with Crippen molar-refractivity contribution in [3.63, 3.8) is 0 Å². The second-order valence-corrected chi connectivity index (χ2v) is 4.99. The highest BCUT2D eigenvalue weighted by Gasteiger charge is 2.13. The average molecular weight is 263 g/mol. The van der Waals surface area contributed by atoms with Crippen molar-refractivity contribution in [2.75, 3.05) is 0 Å². The number of nitriles is 1. The Balaban J connectivity index is 2.30. The number of rotatable bonds is 3. The van der Waals surface area contributed by atoms with Crippen LogP contribution in [-0.2, 0) is 0 Å². The molecule has 0 fully saturated rings. The summed E-state index contributed by atoms with van der Waals surface area (Å²) in [4.78, 5) is 4.51. The topological polar surface area (TPSA) is 36.7 Å². The van der Waals surface area contributed by atoms with E-state index in [4.69, 9.17) is 16.9 Å². The lowest BCUT2D eigenvalue weighted by atomic mass is 10.1. The number of thiazole rings is 1. The van der Waals surface area contributed by atoms with Gasteiger partial charge in [0.1, 0.15) is 5.01 Å². The first-order valence-electron chi connectivity index (χ1n) is 5.35. The molecular weight excluding hydrogens is 252 g/mol.